The maximum atomic E-state index is 12.4. The van der Waals surface area contributed by atoms with Crippen LogP contribution in [0.4, 0.5) is 13.2 Å². The molecule has 2 rings (SSSR count). The van der Waals surface area contributed by atoms with E-state index in [4.69, 9.17) is 11.6 Å². The molecular formula is C9H2ClF3O3. The molecule has 0 spiro atoms. The summed E-state index contributed by atoms with van der Waals surface area (Å²) >= 11 is 5.43. The minimum atomic E-state index is -4.68. The number of carbonyl (C=O) groups excluding carboxylic acids is 2. The summed E-state index contributed by atoms with van der Waals surface area (Å²) in [6, 6.07) is 1.51. The summed E-state index contributed by atoms with van der Waals surface area (Å²) < 4.78 is 41.4. The molecule has 1 aliphatic heterocycles. The summed E-state index contributed by atoms with van der Waals surface area (Å²) in [4.78, 5) is 22.1. The van der Waals surface area contributed by atoms with Crippen LogP contribution in [0.2, 0.25) is 5.02 Å². The second-order valence-corrected chi connectivity index (χ2v) is 3.40. The van der Waals surface area contributed by atoms with Crippen molar-refractivity contribution >= 4 is 23.5 Å². The van der Waals surface area contributed by atoms with Crippen molar-refractivity contribution < 1.29 is 27.5 Å². The van der Waals surface area contributed by atoms with E-state index in [0.29, 0.717) is 6.07 Å². The lowest BCUT2D eigenvalue weighted by atomic mass is 10.1. The number of carbonyl (C=O) groups is 2. The van der Waals surface area contributed by atoms with E-state index in [9.17, 15) is 22.8 Å². The first kappa shape index (κ1) is 10.9. The fourth-order valence-electron chi connectivity index (χ4n) is 1.35. The van der Waals surface area contributed by atoms with Crippen LogP contribution in [-0.4, -0.2) is 11.9 Å². The van der Waals surface area contributed by atoms with Crippen molar-refractivity contribution in [2.24, 2.45) is 0 Å². The Morgan fingerprint density at radius 1 is 1.12 bits per heavy atom. The van der Waals surface area contributed by atoms with Crippen LogP contribution < -0.4 is 0 Å². The van der Waals surface area contributed by atoms with Gasteiger partial charge in [-0.15, -0.1) is 0 Å². The molecule has 0 amide bonds. The first-order chi connectivity index (χ1) is 7.32. The van der Waals surface area contributed by atoms with Gasteiger partial charge >= 0.3 is 18.1 Å². The molecular weight excluding hydrogens is 249 g/mol. The molecule has 0 bridgehead atoms. The van der Waals surface area contributed by atoms with Crippen molar-refractivity contribution in [1.29, 1.82) is 0 Å². The molecule has 0 radical (unpaired) electrons. The van der Waals surface area contributed by atoms with Crippen molar-refractivity contribution in [2.75, 3.05) is 0 Å². The summed E-state index contributed by atoms with van der Waals surface area (Å²) in [5.74, 6) is -2.15. The van der Waals surface area contributed by atoms with Crippen LogP contribution in [0.1, 0.15) is 26.3 Å². The largest absolute Gasteiger partial charge is 0.417 e. The number of hydrogen-bond acceptors (Lipinski definition) is 3. The number of ether oxygens (including phenoxy) is 1. The molecule has 1 aromatic carbocycles. The second kappa shape index (κ2) is 3.21. The van der Waals surface area contributed by atoms with Gasteiger partial charge in [0.25, 0.3) is 0 Å². The molecule has 84 valence electrons. The Hall–Kier alpha value is -1.56. The van der Waals surface area contributed by atoms with Crippen LogP contribution >= 0.6 is 11.6 Å². The minimum absolute atomic E-state index is 0.247. The van der Waals surface area contributed by atoms with Gasteiger partial charge in [-0.05, 0) is 12.1 Å². The lowest BCUT2D eigenvalue weighted by molar-refractivity contribution is -0.137. The molecule has 3 nitrogen and oxygen atoms in total. The second-order valence-electron chi connectivity index (χ2n) is 3.02. The minimum Gasteiger partial charge on any atom is -0.386 e. The van der Waals surface area contributed by atoms with Gasteiger partial charge in [-0.1, -0.05) is 11.6 Å². The molecule has 0 aromatic heterocycles. The maximum absolute atomic E-state index is 12.4. The molecule has 16 heavy (non-hydrogen) atoms. The van der Waals surface area contributed by atoms with E-state index in [1.807, 2.05) is 0 Å². The molecule has 0 N–H and O–H groups in total. The Morgan fingerprint density at radius 3 is 2.31 bits per heavy atom. The Balaban J connectivity index is 2.71. The fraction of sp³-hybridized carbons (Fsp3) is 0.111. The summed E-state index contributed by atoms with van der Waals surface area (Å²) in [5, 5.41) is -0.805. The standard InChI is InChI=1S/C9H2ClF3O3/c10-6-4(9(11,12)13)2-1-3-5(6)8(15)16-7(3)14/h1-2H. The Kier molecular flexibility index (Phi) is 2.20. The Morgan fingerprint density at radius 2 is 1.75 bits per heavy atom. The molecule has 1 heterocycles. The molecule has 1 aliphatic rings. The van der Waals surface area contributed by atoms with Gasteiger partial charge in [-0.2, -0.15) is 13.2 Å². The van der Waals surface area contributed by atoms with Crippen LogP contribution in [0.5, 0.6) is 0 Å². The molecule has 1 aromatic rings. The Bertz CT molecular complexity index is 507. The number of hydrogen-bond donors (Lipinski definition) is 0. The van der Waals surface area contributed by atoms with Crippen molar-refractivity contribution in [3.63, 3.8) is 0 Å². The molecule has 0 saturated heterocycles. The highest BCUT2D eigenvalue weighted by atomic mass is 35.5. The smallest absolute Gasteiger partial charge is 0.386 e. The highest BCUT2D eigenvalue weighted by Crippen LogP contribution is 2.39. The average Bonchev–Trinajstić information content (AvgIpc) is 2.41. The number of fused-ring (bicyclic) bond motifs is 1. The molecule has 7 heteroatoms. The van der Waals surface area contributed by atoms with Gasteiger partial charge in [-0.3, -0.25) is 0 Å². The SMILES string of the molecule is O=C1OC(=O)c2c1ccc(C(F)(F)F)c2Cl. The third-order valence-electron chi connectivity index (χ3n) is 2.06. The van der Waals surface area contributed by atoms with Crippen molar-refractivity contribution in [3.8, 4) is 0 Å². The quantitative estimate of drug-likeness (QED) is 0.525. The van der Waals surface area contributed by atoms with E-state index in [1.54, 1.807) is 0 Å². The average molecular weight is 251 g/mol. The first-order valence-corrected chi connectivity index (χ1v) is 4.36. The number of benzene rings is 1. The number of halogens is 4. The maximum Gasteiger partial charge on any atom is 0.417 e. The summed E-state index contributed by atoms with van der Waals surface area (Å²) in [7, 11) is 0. The molecule has 0 unspecified atom stereocenters. The van der Waals surface area contributed by atoms with E-state index in [-0.39, 0.29) is 5.56 Å². The number of rotatable bonds is 0. The summed E-state index contributed by atoms with van der Waals surface area (Å²) in [5.41, 5.74) is -1.94. The molecule has 0 fully saturated rings. The lowest BCUT2D eigenvalue weighted by Gasteiger charge is -2.09. The van der Waals surface area contributed by atoms with Crippen LogP contribution in [0.25, 0.3) is 0 Å². The number of esters is 2. The van der Waals surface area contributed by atoms with Gasteiger partial charge in [0, 0.05) is 0 Å². The Labute approximate surface area is 91.8 Å². The predicted molar refractivity (Wildman–Crippen MR) is 46.2 cm³/mol. The first-order valence-electron chi connectivity index (χ1n) is 3.98. The van der Waals surface area contributed by atoms with E-state index in [0.717, 1.165) is 6.07 Å². The van der Waals surface area contributed by atoms with E-state index < -0.39 is 34.3 Å². The van der Waals surface area contributed by atoms with Gasteiger partial charge in [-0.25, -0.2) is 9.59 Å². The molecule has 0 aliphatic carbocycles. The summed E-state index contributed by atoms with van der Waals surface area (Å²) in [6.45, 7) is 0. The van der Waals surface area contributed by atoms with Crippen molar-refractivity contribution in [2.45, 2.75) is 6.18 Å². The zero-order valence-electron chi connectivity index (χ0n) is 7.39. The number of cyclic esters (lactones) is 2. The van der Waals surface area contributed by atoms with E-state index in [2.05, 4.69) is 4.74 Å². The molecule has 0 saturated carbocycles. The van der Waals surface area contributed by atoms with Crippen LogP contribution in [0.15, 0.2) is 12.1 Å². The third kappa shape index (κ3) is 1.46. The van der Waals surface area contributed by atoms with Gasteiger partial charge in [0.1, 0.15) is 0 Å². The lowest BCUT2D eigenvalue weighted by Crippen LogP contribution is -2.08. The van der Waals surface area contributed by atoms with Gasteiger partial charge in [0.15, 0.2) is 0 Å². The van der Waals surface area contributed by atoms with Gasteiger partial charge in [0.05, 0.1) is 21.7 Å². The fourth-order valence-corrected chi connectivity index (χ4v) is 1.70. The molecule has 0 atom stereocenters. The predicted octanol–water partition coefficient (Wildman–Crippen LogP) is 2.67. The van der Waals surface area contributed by atoms with Crippen LogP contribution in [0, 0.1) is 0 Å². The third-order valence-corrected chi connectivity index (χ3v) is 2.45. The van der Waals surface area contributed by atoms with E-state index in [1.165, 1.54) is 0 Å². The van der Waals surface area contributed by atoms with Crippen LogP contribution in [-0.2, 0) is 10.9 Å². The van der Waals surface area contributed by atoms with E-state index >= 15 is 0 Å². The van der Waals surface area contributed by atoms with Crippen molar-refractivity contribution in [1.82, 2.24) is 0 Å². The highest BCUT2D eigenvalue weighted by molar-refractivity contribution is 6.36. The monoisotopic (exact) mass is 250 g/mol. The summed E-state index contributed by atoms with van der Waals surface area (Å²) in [6.07, 6.45) is -4.68. The zero-order valence-corrected chi connectivity index (χ0v) is 8.15. The zero-order chi connectivity index (χ0) is 12.1. The van der Waals surface area contributed by atoms with Gasteiger partial charge in [0.2, 0.25) is 0 Å². The number of alkyl halides is 3. The normalized spacial score (nSPS) is 15.0. The highest BCUT2D eigenvalue weighted by Gasteiger charge is 2.40. The van der Waals surface area contributed by atoms with Crippen molar-refractivity contribution in [3.05, 3.63) is 33.8 Å². The van der Waals surface area contributed by atoms with Crippen LogP contribution in [0.3, 0.4) is 0 Å². The topological polar surface area (TPSA) is 43.4 Å². The van der Waals surface area contributed by atoms with Gasteiger partial charge < -0.3 is 4.74 Å².